The molecule has 2 aromatic heterocycles. The van der Waals surface area contributed by atoms with Crippen molar-refractivity contribution < 1.29 is 4.74 Å². The number of thiol groups is 1. The minimum atomic E-state index is -0.174. The number of hydrogen-bond acceptors (Lipinski definition) is 5. The van der Waals surface area contributed by atoms with E-state index in [1.807, 2.05) is 0 Å². The maximum atomic E-state index is 11.8. The van der Waals surface area contributed by atoms with Crippen molar-refractivity contribution in [2.45, 2.75) is 6.54 Å². The minimum absolute atomic E-state index is 0.174. The van der Waals surface area contributed by atoms with Crippen LogP contribution in [0.4, 0.5) is 0 Å². The third kappa shape index (κ3) is 2.25. The average Bonchev–Trinajstić information content (AvgIpc) is 2.63. The highest BCUT2D eigenvalue weighted by atomic mass is 32.1. The van der Waals surface area contributed by atoms with Crippen molar-refractivity contribution in [2.24, 2.45) is 0 Å². The molecule has 0 amide bonds. The van der Waals surface area contributed by atoms with Crippen molar-refractivity contribution in [1.82, 2.24) is 19.2 Å². The van der Waals surface area contributed by atoms with Gasteiger partial charge in [-0.1, -0.05) is 0 Å². The lowest BCUT2D eigenvalue weighted by Crippen LogP contribution is -2.23. The molecule has 7 heteroatoms. The molecule has 0 saturated heterocycles. The van der Waals surface area contributed by atoms with Crippen LogP contribution in [0.1, 0.15) is 0 Å². The van der Waals surface area contributed by atoms with E-state index in [0.717, 1.165) is 0 Å². The summed E-state index contributed by atoms with van der Waals surface area (Å²) in [5, 5.41) is 4.12. The normalized spacial score (nSPS) is 11.1. The SMILES string of the molecule is O=c1n(CCOCCS)nc2cnccn12. The molecule has 6 nitrogen and oxygen atoms in total. The van der Waals surface area contributed by atoms with Gasteiger partial charge in [0.15, 0.2) is 5.65 Å². The Morgan fingerprint density at radius 1 is 1.44 bits per heavy atom. The van der Waals surface area contributed by atoms with E-state index in [1.165, 1.54) is 9.08 Å². The first-order valence-corrected chi connectivity index (χ1v) is 5.54. The molecule has 0 unspecified atom stereocenters. The van der Waals surface area contributed by atoms with E-state index in [0.29, 0.717) is 31.2 Å². The van der Waals surface area contributed by atoms with E-state index in [4.69, 9.17) is 4.74 Å². The number of hydrogen-bond donors (Lipinski definition) is 1. The Morgan fingerprint density at radius 3 is 3.06 bits per heavy atom. The minimum Gasteiger partial charge on any atom is -0.379 e. The monoisotopic (exact) mass is 240 g/mol. The van der Waals surface area contributed by atoms with Gasteiger partial charge in [0.05, 0.1) is 26.0 Å². The quantitative estimate of drug-likeness (QED) is 0.582. The Hall–Kier alpha value is -1.34. The van der Waals surface area contributed by atoms with E-state index in [9.17, 15) is 4.79 Å². The zero-order chi connectivity index (χ0) is 11.4. The molecule has 0 bridgehead atoms. The van der Waals surface area contributed by atoms with Gasteiger partial charge < -0.3 is 4.74 Å². The summed E-state index contributed by atoms with van der Waals surface area (Å²) in [6.07, 6.45) is 4.69. The molecule has 0 aliphatic heterocycles. The van der Waals surface area contributed by atoms with E-state index in [1.54, 1.807) is 18.6 Å². The smallest absolute Gasteiger partial charge is 0.350 e. The zero-order valence-corrected chi connectivity index (χ0v) is 9.51. The fraction of sp³-hybridized carbons (Fsp3) is 0.444. The molecule has 0 aliphatic carbocycles. The molecular weight excluding hydrogens is 228 g/mol. The summed E-state index contributed by atoms with van der Waals surface area (Å²) in [6, 6.07) is 0. The first-order valence-electron chi connectivity index (χ1n) is 4.90. The van der Waals surface area contributed by atoms with Crippen LogP contribution in [0.15, 0.2) is 23.4 Å². The topological polar surface area (TPSA) is 61.4 Å². The van der Waals surface area contributed by atoms with Gasteiger partial charge >= 0.3 is 5.69 Å². The predicted molar refractivity (Wildman–Crippen MR) is 61.9 cm³/mol. The molecule has 2 aromatic rings. The number of ether oxygens (including phenoxy) is 1. The lowest BCUT2D eigenvalue weighted by Gasteiger charge is -2.00. The van der Waals surface area contributed by atoms with Gasteiger partial charge in [-0.05, 0) is 0 Å². The van der Waals surface area contributed by atoms with Crippen molar-refractivity contribution in [3.05, 3.63) is 29.1 Å². The fourth-order valence-electron chi connectivity index (χ4n) is 1.34. The second-order valence-electron chi connectivity index (χ2n) is 3.15. The van der Waals surface area contributed by atoms with Gasteiger partial charge in [-0.3, -0.25) is 4.98 Å². The molecular formula is C9H12N4O2S. The molecule has 0 saturated carbocycles. The van der Waals surface area contributed by atoms with Crippen molar-refractivity contribution in [2.75, 3.05) is 19.0 Å². The molecule has 0 aliphatic rings. The van der Waals surface area contributed by atoms with Crippen LogP contribution < -0.4 is 5.69 Å². The number of aromatic nitrogens is 4. The predicted octanol–water partition coefficient (Wildman–Crippen LogP) is -0.163. The van der Waals surface area contributed by atoms with Crippen molar-refractivity contribution >= 4 is 18.3 Å². The van der Waals surface area contributed by atoms with E-state index in [2.05, 4.69) is 22.7 Å². The number of nitrogens with zero attached hydrogens (tertiary/aromatic N) is 4. The second-order valence-corrected chi connectivity index (χ2v) is 3.59. The third-order valence-corrected chi connectivity index (χ3v) is 2.25. The second kappa shape index (κ2) is 5.13. The largest absolute Gasteiger partial charge is 0.379 e. The molecule has 0 atom stereocenters. The van der Waals surface area contributed by atoms with Gasteiger partial charge in [-0.15, -0.1) is 5.10 Å². The Bertz CT molecular complexity index is 521. The molecule has 16 heavy (non-hydrogen) atoms. The van der Waals surface area contributed by atoms with E-state index < -0.39 is 0 Å². The van der Waals surface area contributed by atoms with Crippen LogP contribution >= 0.6 is 12.6 Å². The molecule has 0 spiro atoms. The third-order valence-electron chi connectivity index (χ3n) is 2.07. The first kappa shape index (κ1) is 11.2. The van der Waals surface area contributed by atoms with Crippen LogP contribution in [0.3, 0.4) is 0 Å². The Morgan fingerprint density at radius 2 is 2.31 bits per heavy atom. The maximum Gasteiger partial charge on any atom is 0.350 e. The van der Waals surface area contributed by atoms with Crippen LogP contribution in [-0.2, 0) is 11.3 Å². The molecule has 0 N–H and O–H groups in total. The van der Waals surface area contributed by atoms with Crippen molar-refractivity contribution in [1.29, 1.82) is 0 Å². The number of rotatable bonds is 5. The van der Waals surface area contributed by atoms with Crippen molar-refractivity contribution in [3.63, 3.8) is 0 Å². The number of fused-ring (bicyclic) bond motifs is 1. The van der Waals surface area contributed by atoms with Gasteiger partial charge in [0.2, 0.25) is 0 Å². The summed E-state index contributed by atoms with van der Waals surface area (Å²) in [7, 11) is 0. The summed E-state index contributed by atoms with van der Waals surface area (Å²) in [4.78, 5) is 15.7. The first-order chi connectivity index (χ1) is 7.83. The van der Waals surface area contributed by atoms with Crippen LogP contribution in [0.2, 0.25) is 0 Å². The Balaban J connectivity index is 2.13. The molecule has 0 fully saturated rings. The molecule has 0 aromatic carbocycles. The highest BCUT2D eigenvalue weighted by Gasteiger charge is 2.05. The highest BCUT2D eigenvalue weighted by molar-refractivity contribution is 7.80. The van der Waals surface area contributed by atoms with E-state index >= 15 is 0 Å². The van der Waals surface area contributed by atoms with Gasteiger partial charge in [0, 0.05) is 18.1 Å². The summed E-state index contributed by atoms with van der Waals surface area (Å²) in [5.41, 5.74) is 0.369. The fourth-order valence-corrected chi connectivity index (χ4v) is 1.47. The lowest BCUT2D eigenvalue weighted by atomic mass is 10.7. The average molecular weight is 240 g/mol. The zero-order valence-electron chi connectivity index (χ0n) is 8.61. The summed E-state index contributed by atoms with van der Waals surface area (Å²) in [5.74, 6) is 0.671. The van der Waals surface area contributed by atoms with Gasteiger partial charge in [-0.2, -0.15) is 12.6 Å². The van der Waals surface area contributed by atoms with Crippen molar-refractivity contribution in [3.8, 4) is 0 Å². The van der Waals surface area contributed by atoms with Crippen LogP contribution in [0.25, 0.3) is 5.65 Å². The maximum absolute atomic E-state index is 11.8. The van der Waals surface area contributed by atoms with Crippen LogP contribution in [0.5, 0.6) is 0 Å². The lowest BCUT2D eigenvalue weighted by molar-refractivity contribution is 0.138. The molecule has 2 rings (SSSR count). The van der Waals surface area contributed by atoms with Crippen LogP contribution in [-0.4, -0.2) is 38.1 Å². The molecule has 86 valence electrons. The molecule has 2 heterocycles. The van der Waals surface area contributed by atoms with E-state index in [-0.39, 0.29) is 5.69 Å². The summed E-state index contributed by atoms with van der Waals surface area (Å²) < 4.78 is 8.06. The van der Waals surface area contributed by atoms with Gasteiger partial charge in [0.1, 0.15) is 0 Å². The Labute approximate surface area is 97.3 Å². The van der Waals surface area contributed by atoms with Crippen LogP contribution in [0, 0.1) is 0 Å². The highest BCUT2D eigenvalue weighted by Crippen LogP contribution is 1.92. The molecule has 0 radical (unpaired) electrons. The standard InChI is InChI=1S/C9H12N4O2S/c14-9-12-2-1-10-7-8(12)11-13(9)3-4-15-5-6-16/h1-2,7,16H,3-6H2. The Kier molecular flexibility index (Phi) is 3.58. The summed E-state index contributed by atoms with van der Waals surface area (Å²) >= 11 is 4.02. The van der Waals surface area contributed by atoms with Gasteiger partial charge in [0.25, 0.3) is 0 Å². The summed E-state index contributed by atoms with van der Waals surface area (Å²) in [6.45, 7) is 1.47. The van der Waals surface area contributed by atoms with Gasteiger partial charge in [-0.25, -0.2) is 13.9 Å².